The Hall–Kier alpha value is -1.91. The Morgan fingerprint density at radius 2 is 2.05 bits per heavy atom. The van der Waals surface area contributed by atoms with E-state index >= 15 is 0 Å². The lowest BCUT2D eigenvalue weighted by molar-refractivity contribution is -0.123. The molecule has 102 valence electrons. The third kappa shape index (κ3) is 2.75. The molecule has 1 aliphatic heterocycles. The van der Waals surface area contributed by atoms with Crippen molar-refractivity contribution in [2.24, 2.45) is 4.99 Å². The van der Waals surface area contributed by atoms with Crippen LogP contribution in [-0.4, -0.2) is 17.4 Å². The number of aliphatic imine (C=N–C) groups is 1. The zero-order valence-corrected chi connectivity index (χ0v) is 11.5. The molecule has 0 saturated heterocycles. The number of halogens is 1. The van der Waals surface area contributed by atoms with Crippen molar-refractivity contribution in [2.75, 3.05) is 0 Å². The molecule has 0 radical (unpaired) electrons. The maximum Gasteiger partial charge on any atom is 0.259 e. The number of hydrogen-bond donors (Lipinski definition) is 2. The van der Waals surface area contributed by atoms with Crippen LogP contribution < -0.4 is 10.6 Å². The smallest absolute Gasteiger partial charge is 0.259 e. The van der Waals surface area contributed by atoms with Crippen LogP contribution in [0.15, 0.2) is 29.3 Å². The fourth-order valence-electron chi connectivity index (χ4n) is 1.93. The summed E-state index contributed by atoms with van der Waals surface area (Å²) in [7, 11) is 0. The predicted molar refractivity (Wildman–Crippen MR) is 72.2 cm³/mol. The number of nitrogens with one attached hydrogen (secondary N) is 2. The summed E-state index contributed by atoms with van der Waals surface area (Å²) in [6.45, 7) is 7.59. The topological polar surface area (TPSA) is 53.5 Å². The van der Waals surface area contributed by atoms with Gasteiger partial charge in [0.2, 0.25) is 0 Å². The third-order valence-electron chi connectivity index (χ3n) is 2.89. The fraction of sp³-hybridized carbons (Fsp3) is 0.429. The first kappa shape index (κ1) is 13.5. The van der Waals surface area contributed by atoms with Crippen molar-refractivity contribution in [2.45, 2.75) is 38.8 Å². The van der Waals surface area contributed by atoms with Gasteiger partial charge < -0.3 is 5.32 Å². The lowest BCUT2D eigenvalue weighted by Gasteiger charge is -2.21. The molecule has 0 bridgehead atoms. The molecule has 1 heterocycles. The maximum atomic E-state index is 13.3. The van der Waals surface area contributed by atoms with Crippen LogP contribution in [0.25, 0.3) is 0 Å². The molecule has 4 nitrogen and oxygen atoms in total. The van der Waals surface area contributed by atoms with Crippen molar-refractivity contribution >= 4 is 11.9 Å². The van der Waals surface area contributed by atoms with Crippen LogP contribution in [0.1, 0.15) is 33.3 Å². The lowest BCUT2D eigenvalue weighted by atomic mass is 9.92. The van der Waals surface area contributed by atoms with E-state index in [1.165, 1.54) is 12.1 Å². The van der Waals surface area contributed by atoms with E-state index < -0.39 is 5.54 Å². The van der Waals surface area contributed by atoms with E-state index in [1.54, 1.807) is 19.1 Å². The van der Waals surface area contributed by atoms with Crippen molar-refractivity contribution in [3.8, 4) is 0 Å². The highest BCUT2D eigenvalue weighted by Crippen LogP contribution is 2.29. The average molecular weight is 263 g/mol. The molecule has 0 spiro atoms. The summed E-state index contributed by atoms with van der Waals surface area (Å²) < 4.78 is 13.3. The Morgan fingerprint density at radius 1 is 1.37 bits per heavy atom. The summed E-state index contributed by atoms with van der Waals surface area (Å²) in [4.78, 5) is 16.5. The summed E-state index contributed by atoms with van der Waals surface area (Å²) in [5, 5.41) is 5.81. The highest BCUT2D eigenvalue weighted by molar-refractivity contribution is 6.07. The van der Waals surface area contributed by atoms with Gasteiger partial charge in [-0.15, -0.1) is 0 Å². The third-order valence-corrected chi connectivity index (χ3v) is 2.89. The lowest BCUT2D eigenvalue weighted by Crippen LogP contribution is -2.47. The largest absolute Gasteiger partial charge is 0.351 e. The number of amides is 1. The molecule has 1 aromatic rings. The molecule has 1 unspecified atom stereocenters. The summed E-state index contributed by atoms with van der Waals surface area (Å²) in [6, 6.07) is 5.96. The van der Waals surface area contributed by atoms with E-state index in [0.29, 0.717) is 11.5 Å². The average Bonchev–Trinajstić information content (AvgIpc) is 2.52. The second kappa shape index (κ2) is 4.33. The minimum absolute atomic E-state index is 0.209. The van der Waals surface area contributed by atoms with Crippen LogP contribution in [0.4, 0.5) is 4.39 Å². The quantitative estimate of drug-likeness (QED) is 0.813. The summed E-state index contributed by atoms with van der Waals surface area (Å²) in [5.41, 5.74) is -0.759. The van der Waals surface area contributed by atoms with Gasteiger partial charge in [-0.2, -0.15) is 0 Å². The molecule has 19 heavy (non-hydrogen) atoms. The first-order valence-electron chi connectivity index (χ1n) is 6.16. The minimum atomic E-state index is -1.09. The normalized spacial score (nSPS) is 23.0. The Labute approximate surface area is 112 Å². The summed E-state index contributed by atoms with van der Waals surface area (Å²) in [5.74, 6) is -0.215. The van der Waals surface area contributed by atoms with E-state index in [1.807, 2.05) is 20.8 Å². The van der Waals surface area contributed by atoms with Crippen LogP contribution in [0.2, 0.25) is 0 Å². The number of nitrogens with zero attached hydrogens (tertiary/aromatic N) is 1. The SMILES string of the molecule is CC(C)(C)NC1=NC(C)(c2cccc(F)c2)C(=O)N1. The van der Waals surface area contributed by atoms with Crippen molar-refractivity contribution in [3.63, 3.8) is 0 Å². The number of hydrogen-bond acceptors (Lipinski definition) is 3. The van der Waals surface area contributed by atoms with Crippen LogP contribution >= 0.6 is 0 Å². The molecule has 5 heteroatoms. The summed E-state index contributed by atoms with van der Waals surface area (Å²) >= 11 is 0. The number of carbonyl (C=O) groups is 1. The molecule has 0 aromatic heterocycles. The Balaban J connectivity index is 2.35. The van der Waals surface area contributed by atoms with Gasteiger partial charge in [-0.25, -0.2) is 9.38 Å². The molecular formula is C14H18FN3O. The molecule has 2 rings (SSSR count). The highest BCUT2D eigenvalue weighted by Gasteiger charge is 2.41. The van der Waals surface area contributed by atoms with Gasteiger partial charge in [0.1, 0.15) is 5.82 Å². The van der Waals surface area contributed by atoms with E-state index in [-0.39, 0.29) is 17.3 Å². The van der Waals surface area contributed by atoms with Gasteiger partial charge in [-0.05, 0) is 45.4 Å². The van der Waals surface area contributed by atoms with E-state index in [2.05, 4.69) is 15.6 Å². The Morgan fingerprint density at radius 3 is 2.63 bits per heavy atom. The Kier molecular flexibility index (Phi) is 3.08. The molecule has 0 fully saturated rings. The van der Waals surface area contributed by atoms with Gasteiger partial charge in [-0.3, -0.25) is 10.1 Å². The molecule has 1 amide bonds. The Bertz CT molecular complexity index is 548. The van der Waals surface area contributed by atoms with Crippen LogP contribution in [0.5, 0.6) is 0 Å². The zero-order chi connectivity index (χ0) is 14.3. The van der Waals surface area contributed by atoms with Gasteiger partial charge in [0.15, 0.2) is 11.5 Å². The predicted octanol–water partition coefficient (Wildman–Crippen LogP) is 1.91. The van der Waals surface area contributed by atoms with Gasteiger partial charge in [0.05, 0.1) is 0 Å². The highest BCUT2D eigenvalue weighted by atomic mass is 19.1. The van der Waals surface area contributed by atoms with Crippen LogP contribution in [-0.2, 0) is 10.3 Å². The number of benzene rings is 1. The summed E-state index contributed by atoms with van der Waals surface area (Å²) in [6.07, 6.45) is 0. The van der Waals surface area contributed by atoms with Crippen molar-refractivity contribution in [3.05, 3.63) is 35.6 Å². The molecule has 2 N–H and O–H groups in total. The van der Waals surface area contributed by atoms with Crippen molar-refractivity contribution in [1.29, 1.82) is 0 Å². The zero-order valence-electron chi connectivity index (χ0n) is 11.5. The van der Waals surface area contributed by atoms with Crippen LogP contribution in [0, 0.1) is 5.82 Å². The number of rotatable bonds is 1. The molecule has 0 saturated carbocycles. The molecular weight excluding hydrogens is 245 g/mol. The maximum absolute atomic E-state index is 13.3. The van der Waals surface area contributed by atoms with Gasteiger partial charge >= 0.3 is 0 Å². The van der Waals surface area contributed by atoms with E-state index in [0.717, 1.165) is 0 Å². The molecule has 1 atom stereocenters. The minimum Gasteiger partial charge on any atom is -0.351 e. The second-order valence-corrected chi connectivity index (χ2v) is 5.87. The van der Waals surface area contributed by atoms with Crippen molar-refractivity contribution < 1.29 is 9.18 Å². The fourth-order valence-corrected chi connectivity index (χ4v) is 1.93. The molecule has 1 aliphatic rings. The van der Waals surface area contributed by atoms with Crippen LogP contribution in [0.3, 0.4) is 0 Å². The van der Waals surface area contributed by atoms with Gasteiger partial charge in [0, 0.05) is 5.54 Å². The second-order valence-electron chi connectivity index (χ2n) is 5.87. The number of carbonyl (C=O) groups excluding carboxylic acids is 1. The van der Waals surface area contributed by atoms with Crippen molar-refractivity contribution in [1.82, 2.24) is 10.6 Å². The molecule has 1 aromatic carbocycles. The van der Waals surface area contributed by atoms with E-state index in [9.17, 15) is 9.18 Å². The number of guanidine groups is 1. The first-order chi connectivity index (χ1) is 8.71. The monoisotopic (exact) mass is 263 g/mol. The van der Waals surface area contributed by atoms with Gasteiger partial charge in [0.25, 0.3) is 5.91 Å². The standard InChI is InChI=1S/C14H18FN3O/c1-13(2,3)17-12-16-11(19)14(4,18-12)9-6-5-7-10(15)8-9/h5-8H,1-4H3,(H2,16,17,18,19). The van der Waals surface area contributed by atoms with E-state index in [4.69, 9.17) is 0 Å². The first-order valence-corrected chi connectivity index (χ1v) is 6.16. The molecule has 0 aliphatic carbocycles. The van der Waals surface area contributed by atoms with Gasteiger partial charge in [-0.1, -0.05) is 12.1 Å².